The highest BCUT2D eigenvalue weighted by molar-refractivity contribution is 5.71. The molecule has 0 aromatic rings. The van der Waals surface area contributed by atoms with E-state index in [1.165, 1.54) is 148 Å². The molecule has 0 aliphatic heterocycles. The molecule has 350 valence electrons. The molecule has 0 fully saturated rings. The number of carbonyl (C=O) groups is 3. The fourth-order valence-electron chi connectivity index (χ4n) is 7.48. The van der Waals surface area contributed by atoms with E-state index in [2.05, 4.69) is 57.2 Å². The van der Waals surface area contributed by atoms with Crippen molar-refractivity contribution in [3.63, 3.8) is 0 Å². The van der Waals surface area contributed by atoms with Gasteiger partial charge in [-0.2, -0.15) is 0 Å². The lowest BCUT2D eigenvalue weighted by Crippen LogP contribution is -2.30. The fourth-order valence-corrected chi connectivity index (χ4v) is 7.48. The normalized spacial score (nSPS) is 12.2. The third kappa shape index (κ3) is 46.7. The lowest BCUT2D eigenvalue weighted by Gasteiger charge is -2.18. The summed E-state index contributed by atoms with van der Waals surface area (Å²) in [6.45, 7) is 6.53. The molecule has 0 heterocycles. The van der Waals surface area contributed by atoms with Crippen molar-refractivity contribution in [1.29, 1.82) is 0 Å². The maximum atomic E-state index is 12.8. The summed E-state index contributed by atoms with van der Waals surface area (Å²) in [7, 11) is 0. The quantitative estimate of drug-likeness (QED) is 0.0263. The van der Waals surface area contributed by atoms with Crippen LogP contribution in [0.5, 0.6) is 0 Å². The van der Waals surface area contributed by atoms with Crippen molar-refractivity contribution in [3.8, 4) is 0 Å². The Hall–Kier alpha value is -2.37. The molecule has 60 heavy (non-hydrogen) atoms. The first-order chi connectivity index (χ1) is 29.5. The van der Waals surface area contributed by atoms with E-state index < -0.39 is 6.10 Å². The Bertz CT molecular complexity index is 1020. The molecule has 6 heteroatoms. The second-order valence-corrected chi connectivity index (χ2v) is 17.4. The van der Waals surface area contributed by atoms with Gasteiger partial charge in [0.1, 0.15) is 13.2 Å². The molecule has 0 aromatic carbocycles. The lowest BCUT2D eigenvalue weighted by atomic mass is 10.1. The number of carbonyl (C=O) groups excluding carboxylic acids is 3. The van der Waals surface area contributed by atoms with E-state index in [1.54, 1.807) is 0 Å². The fraction of sp³-hybridized carbons (Fsp3) is 0.833. The van der Waals surface area contributed by atoms with Crippen molar-refractivity contribution in [3.05, 3.63) is 36.5 Å². The maximum absolute atomic E-state index is 12.8. The van der Waals surface area contributed by atoms with Crippen LogP contribution in [0.25, 0.3) is 0 Å². The standard InChI is InChI=1S/C54H98O6/c1-4-7-10-13-16-19-22-24-26-27-28-29-31-32-35-38-41-44-47-53(56)59-50-51(49-58-52(55)46-43-40-37-34-21-18-15-12-9-6-3)60-54(57)48-45-42-39-36-33-30-25-23-20-17-14-11-8-5-2/h8,11,17,20,28-29,51H,4-7,9-10,12-16,18-19,21-27,30-50H2,1-3H3/b11-8-,20-17-,29-28-. The number of rotatable bonds is 47. The molecule has 0 saturated carbocycles. The van der Waals surface area contributed by atoms with E-state index in [9.17, 15) is 14.4 Å². The molecule has 0 N–H and O–H groups in total. The zero-order valence-corrected chi connectivity index (χ0v) is 40.0. The first-order valence-electron chi connectivity index (χ1n) is 26.0. The van der Waals surface area contributed by atoms with Crippen LogP contribution in [-0.2, 0) is 28.6 Å². The predicted molar refractivity (Wildman–Crippen MR) is 256 cm³/mol. The minimum Gasteiger partial charge on any atom is -0.462 e. The Kier molecular flexibility index (Phi) is 47.3. The minimum absolute atomic E-state index is 0.0755. The Morgan fingerprint density at radius 3 is 1.02 bits per heavy atom. The van der Waals surface area contributed by atoms with Crippen molar-refractivity contribution < 1.29 is 28.6 Å². The summed E-state index contributed by atoms with van der Waals surface area (Å²) in [4.78, 5) is 37.9. The summed E-state index contributed by atoms with van der Waals surface area (Å²) in [5.41, 5.74) is 0. The molecule has 0 aliphatic carbocycles. The lowest BCUT2D eigenvalue weighted by molar-refractivity contribution is -0.167. The van der Waals surface area contributed by atoms with Gasteiger partial charge in [-0.05, 0) is 70.6 Å². The molecule has 1 atom stereocenters. The summed E-state index contributed by atoms with van der Waals surface area (Å²) >= 11 is 0. The van der Waals surface area contributed by atoms with E-state index in [-0.39, 0.29) is 31.1 Å². The van der Waals surface area contributed by atoms with Gasteiger partial charge in [-0.25, -0.2) is 0 Å². The number of ether oxygens (including phenoxy) is 3. The molecule has 0 amide bonds. The van der Waals surface area contributed by atoms with Crippen LogP contribution >= 0.6 is 0 Å². The van der Waals surface area contributed by atoms with Crippen molar-refractivity contribution >= 4 is 17.9 Å². The second-order valence-electron chi connectivity index (χ2n) is 17.4. The summed E-state index contributed by atoms with van der Waals surface area (Å²) in [5.74, 6) is -0.885. The average Bonchev–Trinajstić information content (AvgIpc) is 3.24. The number of esters is 3. The highest BCUT2D eigenvalue weighted by Crippen LogP contribution is 2.15. The SMILES string of the molecule is CC/C=C\C/C=C\CCCCCCCCCC(=O)OC(COC(=O)CCCCCCC/C=C\CCCCCCCCCCC)COC(=O)CCCCCCCCCCCC. The zero-order chi connectivity index (χ0) is 43.7. The molecule has 0 spiro atoms. The Morgan fingerprint density at radius 1 is 0.350 bits per heavy atom. The zero-order valence-electron chi connectivity index (χ0n) is 40.0. The van der Waals surface area contributed by atoms with E-state index in [1.807, 2.05) is 0 Å². The largest absolute Gasteiger partial charge is 0.462 e. The molecule has 0 saturated heterocycles. The Morgan fingerprint density at radius 2 is 0.650 bits per heavy atom. The first kappa shape index (κ1) is 57.6. The van der Waals surface area contributed by atoms with Crippen LogP contribution in [0.4, 0.5) is 0 Å². The van der Waals surface area contributed by atoms with E-state index in [0.29, 0.717) is 19.3 Å². The van der Waals surface area contributed by atoms with Crippen molar-refractivity contribution in [2.75, 3.05) is 13.2 Å². The molecule has 0 aliphatic rings. The van der Waals surface area contributed by atoms with Crippen LogP contribution in [0, 0.1) is 0 Å². The second kappa shape index (κ2) is 49.3. The van der Waals surface area contributed by atoms with Gasteiger partial charge in [0.2, 0.25) is 0 Å². The monoisotopic (exact) mass is 843 g/mol. The van der Waals surface area contributed by atoms with Crippen LogP contribution in [-0.4, -0.2) is 37.2 Å². The first-order valence-corrected chi connectivity index (χ1v) is 26.0. The molecule has 1 unspecified atom stereocenters. The van der Waals surface area contributed by atoms with Gasteiger partial charge >= 0.3 is 17.9 Å². The number of hydrogen-bond donors (Lipinski definition) is 0. The third-order valence-electron chi connectivity index (χ3n) is 11.4. The summed E-state index contributed by atoms with van der Waals surface area (Å²) in [6.07, 6.45) is 57.0. The highest BCUT2D eigenvalue weighted by Gasteiger charge is 2.19. The molecular weight excluding hydrogens is 745 g/mol. The summed E-state index contributed by atoms with van der Waals surface area (Å²) < 4.78 is 16.8. The van der Waals surface area contributed by atoms with Crippen LogP contribution in [0.1, 0.15) is 271 Å². The van der Waals surface area contributed by atoms with Gasteiger partial charge in [-0.3, -0.25) is 14.4 Å². The molecule has 0 rings (SSSR count). The van der Waals surface area contributed by atoms with Gasteiger partial charge < -0.3 is 14.2 Å². The number of unbranched alkanes of at least 4 members (excludes halogenated alkanes) is 30. The van der Waals surface area contributed by atoms with Gasteiger partial charge in [0.15, 0.2) is 6.10 Å². The van der Waals surface area contributed by atoms with Crippen molar-refractivity contribution in [2.24, 2.45) is 0 Å². The Balaban J connectivity index is 4.32. The van der Waals surface area contributed by atoms with Crippen LogP contribution in [0.15, 0.2) is 36.5 Å². The van der Waals surface area contributed by atoms with E-state index in [0.717, 1.165) is 83.5 Å². The Labute approximate surface area is 372 Å². The predicted octanol–water partition coefficient (Wildman–Crippen LogP) is 16.9. The molecule has 0 aromatic heterocycles. The topological polar surface area (TPSA) is 78.9 Å². The van der Waals surface area contributed by atoms with Crippen LogP contribution < -0.4 is 0 Å². The summed E-state index contributed by atoms with van der Waals surface area (Å²) in [6, 6.07) is 0. The van der Waals surface area contributed by atoms with Gasteiger partial charge in [-0.1, -0.05) is 218 Å². The van der Waals surface area contributed by atoms with Gasteiger partial charge in [0.25, 0.3) is 0 Å². The van der Waals surface area contributed by atoms with Crippen LogP contribution in [0.2, 0.25) is 0 Å². The smallest absolute Gasteiger partial charge is 0.306 e. The molecule has 0 radical (unpaired) electrons. The van der Waals surface area contributed by atoms with Gasteiger partial charge in [0, 0.05) is 19.3 Å². The molecular formula is C54H98O6. The third-order valence-corrected chi connectivity index (χ3v) is 11.4. The highest BCUT2D eigenvalue weighted by atomic mass is 16.6. The van der Waals surface area contributed by atoms with Gasteiger partial charge in [0.05, 0.1) is 0 Å². The average molecular weight is 843 g/mol. The number of allylic oxidation sites excluding steroid dienone is 6. The van der Waals surface area contributed by atoms with E-state index >= 15 is 0 Å². The maximum Gasteiger partial charge on any atom is 0.306 e. The van der Waals surface area contributed by atoms with Gasteiger partial charge in [-0.15, -0.1) is 0 Å². The van der Waals surface area contributed by atoms with Crippen molar-refractivity contribution in [1.82, 2.24) is 0 Å². The number of hydrogen-bond acceptors (Lipinski definition) is 6. The molecule has 0 bridgehead atoms. The van der Waals surface area contributed by atoms with E-state index in [4.69, 9.17) is 14.2 Å². The molecule has 6 nitrogen and oxygen atoms in total. The minimum atomic E-state index is -0.775. The van der Waals surface area contributed by atoms with Crippen LogP contribution in [0.3, 0.4) is 0 Å². The van der Waals surface area contributed by atoms with Crippen molar-refractivity contribution in [2.45, 2.75) is 277 Å². The summed E-state index contributed by atoms with van der Waals surface area (Å²) in [5, 5.41) is 0.